The largest absolute Gasteiger partial charge is 0.464 e. The highest BCUT2D eigenvalue weighted by Gasteiger charge is 2.17. The van der Waals surface area contributed by atoms with Crippen LogP contribution in [0.25, 0.3) is 0 Å². The van der Waals surface area contributed by atoms with Gasteiger partial charge in [-0.3, -0.25) is 0 Å². The predicted octanol–water partition coefficient (Wildman–Crippen LogP) is 1.44. The zero-order chi connectivity index (χ0) is 11.1. The number of nitrogens with one attached hydrogen (secondary N) is 1. The number of rotatable bonds is 5. The zero-order valence-corrected chi connectivity index (χ0v) is 9.87. The molecule has 90 valence electrons. The Balaban J connectivity index is 0.00000225. The molecule has 1 aromatic rings. The summed E-state index contributed by atoms with van der Waals surface area (Å²) in [4.78, 5) is 11.3. The van der Waals surface area contributed by atoms with E-state index < -0.39 is 12.0 Å². The van der Waals surface area contributed by atoms with E-state index in [-0.39, 0.29) is 19.0 Å². The molecule has 0 heterocycles. The summed E-state index contributed by atoms with van der Waals surface area (Å²) < 4.78 is 4.81. The Hall–Kier alpha value is -1.26. The second-order valence-corrected chi connectivity index (χ2v) is 3.00. The molecule has 0 saturated heterocycles. The minimum absolute atomic E-state index is 0. The number of halogens is 1. The molecule has 16 heavy (non-hydrogen) atoms. The van der Waals surface area contributed by atoms with Gasteiger partial charge in [-0.15, -0.1) is 12.4 Å². The smallest absolute Gasteiger partial charge is 0.330 e. The Morgan fingerprint density at radius 1 is 1.44 bits per heavy atom. The van der Waals surface area contributed by atoms with Crippen molar-refractivity contribution in [3.05, 3.63) is 30.3 Å². The van der Waals surface area contributed by atoms with Crippen LogP contribution in [0.2, 0.25) is 0 Å². The second kappa shape index (κ2) is 7.96. The van der Waals surface area contributed by atoms with Crippen molar-refractivity contribution in [3.63, 3.8) is 0 Å². The van der Waals surface area contributed by atoms with E-state index in [2.05, 4.69) is 5.32 Å². The van der Waals surface area contributed by atoms with Crippen molar-refractivity contribution in [1.82, 2.24) is 0 Å². The number of para-hydroxylation sites is 1. The molecular weight excluding hydrogens is 230 g/mol. The molecule has 0 aliphatic rings. The van der Waals surface area contributed by atoms with Crippen LogP contribution in [-0.2, 0) is 9.53 Å². The Labute approximate surface area is 101 Å². The summed E-state index contributed by atoms with van der Waals surface area (Å²) in [6.45, 7) is 1.76. The Morgan fingerprint density at radius 2 is 2.06 bits per heavy atom. The van der Waals surface area contributed by atoms with Gasteiger partial charge in [0.05, 0.1) is 13.2 Å². The number of carbonyl (C=O) groups excluding carboxylic acids is 1. The topological polar surface area (TPSA) is 58.6 Å². The van der Waals surface area contributed by atoms with Crippen molar-refractivity contribution in [1.29, 1.82) is 0 Å². The van der Waals surface area contributed by atoms with Gasteiger partial charge in [-0.25, -0.2) is 4.79 Å². The van der Waals surface area contributed by atoms with Crippen LogP contribution in [0.3, 0.4) is 0 Å². The van der Waals surface area contributed by atoms with Gasteiger partial charge in [0.1, 0.15) is 6.04 Å². The first kappa shape index (κ1) is 14.7. The van der Waals surface area contributed by atoms with E-state index in [1.54, 1.807) is 6.92 Å². The summed E-state index contributed by atoms with van der Waals surface area (Å²) >= 11 is 0. The Kier molecular flexibility index (Phi) is 7.33. The molecule has 1 aromatic carbocycles. The maximum absolute atomic E-state index is 11.3. The molecule has 0 amide bonds. The summed E-state index contributed by atoms with van der Waals surface area (Å²) in [5.41, 5.74) is 0.782. The molecule has 1 atom stereocenters. The fourth-order valence-corrected chi connectivity index (χ4v) is 1.16. The number of carbonyl (C=O) groups is 1. The van der Waals surface area contributed by atoms with Crippen LogP contribution in [0.1, 0.15) is 6.92 Å². The second-order valence-electron chi connectivity index (χ2n) is 3.00. The number of aliphatic hydroxyl groups excluding tert-OH is 1. The first-order valence-corrected chi connectivity index (χ1v) is 4.87. The normalized spacial score (nSPS) is 11.1. The quantitative estimate of drug-likeness (QED) is 0.771. The molecule has 2 N–H and O–H groups in total. The lowest BCUT2D eigenvalue weighted by atomic mass is 10.2. The molecule has 0 bridgehead atoms. The van der Waals surface area contributed by atoms with E-state index in [1.165, 1.54) is 0 Å². The van der Waals surface area contributed by atoms with E-state index in [1.807, 2.05) is 30.3 Å². The SMILES string of the molecule is CCOC(=O)C(CO)Nc1ccccc1.Cl. The van der Waals surface area contributed by atoms with Crippen LogP contribution in [-0.4, -0.2) is 30.3 Å². The molecule has 4 nitrogen and oxygen atoms in total. The van der Waals surface area contributed by atoms with E-state index in [4.69, 9.17) is 9.84 Å². The summed E-state index contributed by atoms with van der Waals surface area (Å²) in [5.74, 6) is -0.441. The highest BCUT2D eigenvalue weighted by Crippen LogP contribution is 2.07. The molecule has 0 aliphatic heterocycles. The highest BCUT2D eigenvalue weighted by atomic mass is 35.5. The molecule has 0 spiro atoms. The summed E-state index contributed by atoms with van der Waals surface area (Å²) in [6.07, 6.45) is 0. The van der Waals surface area contributed by atoms with Crippen LogP contribution in [0.5, 0.6) is 0 Å². The third-order valence-corrected chi connectivity index (χ3v) is 1.87. The van der Waals surface area contributed by atoms with Gasteiger partial charge < -0.3 is 15.2 Å². The monoisotopic (exact) mass is 245 g/mol. The third kappa shape index (κ3) is 4.51. The lowest BCUT2D eigenvalue weighted by molar-refractivity contribution is -0.144. The van der Waals surface area contributed by atoms with Gasteiger partial charge in [0.25, 0.3) is 0 Å². The number of aliphatic hydroxyl groups is 1. The number of benzene rings is 1. The Bertz CT molecular complexity index is 305. The van der Waals surface area contributed by atoms with Gasteiger partial charge in [0, 0.05) is 5.69 Å². The van der Waals surface area contributed by atoms with E-state index in [0.717, 1.165) is 5.69 Å². The molecule has 0 radical (unpaired) electrons. The molecule has 5 heteroatoms. The van der Waals surface area contributed by atoms with Gasteiger partial charge in [-0.05, 0) is 19.1 Å². The van der Waals surface area contributed by atoms with Gasteiger partial charge in [-0.1, -0.05) is 18.2 Å². The van der Waals surface area contributed by atoms with Gasteiger partial charge in [0.15, 0.2) is 0 Å². The molecule has 1 unspecified atom stereocenters. The first-order valence-electron chi connectivity index (χ1n) is 4.87. The number of anilines is 1. The first-order chi connectivity index (χ1) is 7.27. The summed E-state index contributed by atoms with van der Waals surface area (Å²) in [7, 11) is 0. The minimum Gasteiger partial charge on any atom is -0.464 e. The van der Waals surface area contributed by atoms with Crippen molar-refractivity contribution in [2.75, 3.05) is 18.5 Å². The maximum Gasteiger partial charge on any atom is 0.330 e. The van der Waals surface area contributed by atoms with Crippen LogP contribution >= 0.6 is 12.4 Å². The van der Waals surface area contributed by atoms with Gasteiger partial charge >= 0.3 is 5.97 Å². The van der Waals surface area contributed by atoms with Crippen LogP contribution in [0.15, 0.2) is 30.3 Å². The molecule has 1 rings (SSSR count). The summed E-state index contributed by atoms with van der Waals surface area (Å²) in [6, 6.07) is 8.52. The van der Waals surface area contributed by atoms with Crippen LogP contribution in [0, 0.1) is 0 Å². The van der Waals surface area contributed by atoms with Gasteiger partial charge in [-0.2, -0.15) is 0 Å². The van der Waals surface area contributed by atoms with Crippen molar-refractivity contribution < 1.29 is 14.6 Å². The Morgan fingerprint density at radius 3 is 2.56 bits per heavy atom. The van der Waals surface area contributed by atoms with Crippen LogP contribution in [0.4, 0.5) is 5.69 Å². The standard InChI is InChI=1S/C11H15NO3.ClH/c1-2-15-11(14)10(8-13)12-9-6-4-3-5-7-9;/h3-7,10,12-13H,2,8H2,1H3;1H. The zero-order valence-electron chi connectivity index (χ0n) is 9.05. The van der Waals surface area contributed by atoms with Crippen molar-refractivity contribution in [3.8, 4) is 0 Å². The molecular formula is C11H16ClNO3. The fourth-order valence-electron chi connectivity index (χ4n) is 1.16. The number of ether oxygens (including phenoxy) is 1. The lowest BCUT2D eigenvalue weighted by Gasteiger charge is -2.15. The molecule has 0 fully saturated rings. The van der Waals surface area contributed by atoms with E-state index in [0.29, 0.717) is 6.61 Å². The summed E-state index contributed by atoms with van der Waals surface area (Å²) in [5, 5.41) is 11.9. The van der Waals surface area contributed by atoms with E-state index >= 15 is 0 Å². The third-order valence-electron chi connectivity index (χ3n) is 1.87. The average molecular weight is 246 g/mol. The van der Waals surface area contributed by atoms with E-state index in [9.17, 15) is 4.79 Å². The molecule has 0 saturated carbocycles. The number of esters is 1. The molecule has 0 aromatic heterocycles. The number of hydrogen-bond donors (Lipinski definition) is 2. The fraction of sp³-hybridized carbons (Fsp3) is 0.364. The van der Waals surface area contributed by atoms with Crippen molar-refractivity contribution in [2.45, 2.75) is 13.0 Å². The van der Waals surface area contributed by atoms with Crippen molar-refractivity contribution in [2.24, 2.45) is 0 Å². The van der Waals surface area contributed by atoms with Gasteiger partial charge in [0.2, 0.25) is 0 Å². The average Bonchev–Trinajstić information content (AvgIpc) is 2.27. The number of hydrogen-bond acceptors (Lipinski definition) is 4. The van der Waals surface area contributed by atoms with Crippen molar-refractivity contribution >= 4 is 24.1 Å². The lowest BCUT2D eigenvalue weighted by Crippen LogP contribution is -2.34. The molecule has 0 aliphatic carbocycles. The van der Waals surface area contributed by atoms with Crippen LogP contribution < -0.4 is 5.32 Å². The minimum atomic E-state index is -0.702. The highest BCUT2D eigenvalue weighted by molar-refractivity contribution is 5.85. The predicted molar refractivity (Wildman–Crippen MR) is 64.8 cm³/mol. The maximum atomic E-state index is 11.3.